The molecule has 1 aromatic carbocycles. The molecule has 1 fully saturated rings. The van der Waals surface area contributed by atoms with Crippen LogP contribution in [0.2, 0.25) is 0 Å². The summed E-state index contributed by atoms with van der Waals surface area (Å²) in [5.74, 6) is -0.414. The van der Waals surface area contributed by atoms with E-state index in [2.05, 4.69) is 11.8 Å². The van der Waals surface area contributed by atoms with Gasteiger partial charge >= 0.3 is 6.18 Å². The molecule has 3 unspecified atom stereocenters. The molecule has 0 aromatic heterocycles. The summed E-state index contributed by atoms with van der Waals surface area (Å²) in [7, 11) is 0. The van der Waals surface area contributed by atoms with Crippen LogP contribution >= 0.6 is 0 Å². The summed E-state index contributed by atoms with van der Waals surface area (Å²) in [6, 6.07) is 2.53. The van der Waals surface area contributed by atoms with Crippen molar-refractivity contribution in [2.24, 2.45) is 11.7 Å². The largest absolute Gasteiger partial charge is 0.416 e. The van der Waals surface area contributed by atoms with Crippen molar-refractivity contribution in [2.75, 3.05) is 13.1 Å². The summed E-state index contributed by atoms with van der Waals surface area (Å²) in [6.45, 7) is 5.05. The molecule has 1 aliphatic heterocycles. The number of nitrogens with zero attached hydrogens (tertiary/aromatic N) is 1. The molecule has 1 aromatic rings. The van der Waals surface area contributed by atoms with Crippen molar-refractivity contribution in [3.63, 3.8) is 0 Å². The lowest BCUT2D eigenvalue weighted by Gasteiger charge is -2.31. The molecule has 2 nitrogen and oxygen atoms in total. The molecule has 0 bridgehead atoms. The van der Waals surface area contributed by atoms with Gasteiger partial charge in [0.05, 0.1) is 5.56 Å². The minimum atomic E-state index is -4.56. The number of likely N-dealkylation sites (tertiary alicyclic amines) is 1. The van der Waals surface area contributed by atoms with E-state index in [0.717, 1.165) is 25.1 Å². The van der Waals surface area contributed by atoms with Crippen molar-refractivity contribution in [1.29, 1.82) is 0 Å². The van der Waals surface area contributed by atoms with Gasteiger partial charge in [0, 0.05) is 25.2 Å². The van der Waals surface area contributed by atoms with E-state index < -0.39 is 17.6 Å². The van der Waals surface area contributed by atoms with Gasteiger partial charge in [-0.05, 0) is 43.0 Å². The highest BCUT2D eigenvalue weighted by atomic mass is 19.4. The van der Waals surface area contributed by atoms with Crippen molar-refractivity contribution in [2.45, 2.75) is 38.5 Å². The zero-order valence-electron chi connectivity index (χ0n) is 12.1. The molecule has 118 valence electrons. The molecule has 0 saturated carbocycles. The van der Waals surface area contributed by atoms with Crippen molar-refractivity contribution >= 4 is 0 Å². The Hall–Kier alpha value is -1.14. The number of hydrogen-bond acceptors (Lipinski definition) is 2. The van der Waals surface area contributed by atoms with Gasteiger partial charge in [-0.1, -0.05) is 6.92 Å². The van der Waals surface area contributed by atoms with Gasteiger partial charge in [-0.3, -0.25) is 4.90 Å². The molecule has 2 rings (SSSR count). The first-order valence-corrected chi connectivity index (χ1v) is 7.06. The number of halogens is 4. The summed E-state index contributed by atoms with van der Waals surface area (Å²) in [5.41, 5.74) is 5.09. The Balaban J connectivity index is 2.36. The first-order chi connectivity index (χ1) is 9.72. The Kier molecular flexibility index (Phi) is 4.58. The molecule has 1 aliphatic rings. The third-order valence-electron chi connectivity index (χ3n) is 4.09. The molecule has 0 radical (unpaired) electrons. The maximum absolute atomic E-state index is 13.6. The maximum Gasteiger partial charge on any atom is 0.416 e. The average molecular weight is 304 g/mol. The summed E-state index contributed by atoms with van der Waals surface area (Å²) in [4.78, 5) is 2.07. The third-order valence-corrected chi connectivity index (χ3v) is 4.09. The van der Waals surface area contributed by atoms with Crippen LogP contribution in [0.25, 0.3) is 0 Å². The molecule has 1 saturated heterocycles. The van der Waals surface area contributed by atoms with Gasteiger partial charge in [-0.25, -0.2) is 4.39 Å². The fourth-order valence-electron chi connectivity index (χ4n) is 3.20. The second-order valence-corrected chi connectivity index (χ2v) is 5.91. The second-order valence-electron chi connectivity index (χ2n) is 5.91. The Morgan fingerprint density at radius 3 is 2.43 bits per heavy atom. The van der Waals surface area contributed by atoms with Crippen LogP contribution in [0.1, 0.15) is 37.4 Å². The summed E-state index contributed by atoms with van der Waals surface area (Å²) in [6.07, 6.45) is -3.59. The van der Waals surface area contributed by atoms with Gasteiger partial charge in [0.2, 0.25) is 0 Å². The highest BCUT2D eigenvalue weighted by Gasteiger charge is 2.35. The van der Waals surface area contributed by atoms with E-state index >= 15 is 0 Å². The van der Waals surface area contributed by atoms with Crippen molar-refractivity contribution in [3.8, 4) is 0 Å². The molecule has 0 aliphatic carbocycles. The van der Waals surface area contributed by atoms with Crippen LogP contribution in [-0.4, -0.2) is 24.0 Å². The minimum absolute atomic E-state index is 0.164. The monoisotopic (exact) mass is 304 g/mol. The molecule has 2 N–H and O–H groups in total. The summed E-state index contributed by atoms with van der Waals surface area (Å²) >= 11 is 0. The van der Waals surface area contributed by atoms with Gasteiger partial charge in [0.25, 0.3) is 0 Å². The van der Waals surface area contributed by atoms with Crippen molar-refractivity contribution < 1.29 is 17.6 Å². The SMILES string of the molecule is CC1CC(C)N(C(CN)c2cc(F)cc(C(F)(F)F)c2)C1. The summed E-state index contributed by atoms with van der Waals surface area (Å²) < 4.78 is 52.0. The standard InChI is InChI=1S/C15H20F4N2/c1-9-3-10(2)21(8-9)14(7-20)11-4-12(15(17,18)19)6-13(16)5-11/h4-6,9-10,14H,3,7-8,20H2,1-2H3. The van der Waals surface area contributed by atoms with Gasteiger partial charge in [0.1, 0.15) is 5.82 Å². The second kappa shape index (κ2) is 5.93. The number of nitrogens with two attached hydrogens (primary N) is 1. The molecule has 0 amide bonds. The Morgan fingerprint density at radius 1 is 1.29 bits per heavy atom. The molecule has 3 atom stereocenters. The van der Waals surface area contributed by atoms with E-state index in [9.17, 15) is 17.6 Å². The van der Waals surface area contributed by atoms with Crippen LogP contribution in [0.15, 0.2) is 18.2 Å². The number of rotatable bonds is 3. The summed E-state index contributed by atoms with van der Waals surface area (Å²) in [5, 5.41) is 0. The normalized spacial score (nSPS) is 25.3. The molecule has 21 heavy (non-hydrogen) atoms. The average Bonchev–Trinajstić information content (AvgIpc) is 2.68. The molecular weight excluding hydrogens is 284 g/mol. The van der Waals surface area contributed by atoms with E-state index in [1.807, 2.05) is 6.92 Å². The lowest BCUT2D eigenvalue weighted by atomic mass is 10.0. The Labute approximate surface area is 121 Å². The zero-order chi connectivity index (χ0) is 15.8. The maximum atomic E-state index is 13.6. The molecular formula is C15H20F4N2. The van der Waals surface area contributed by atoms with E-state index in [4.69, 9.17) is 5.73 Å². The Morgan fingerprint density at radius 2 is 1.95 bits per heavy atom. The molecule has 6 heteroatoms. The fourth-order valence-corrected chi connectivity index (χ4v) is 3.20. The minimum Gasteiger partial charge on any atom is -0.329 e. The van der Waals surface area contributed by atoms with Gasteiger partial charge < -0.3 is 5.73 Å². The smallest absolute Gasteiger partial charge is 0.329 e. The molecule has 1 heterocycles. The fraction of sp³-hybridized carbons (Fsp3) is 0.600. The van der Waals surface area contributed by atoms with Crippen LogP contribution in [0.3, 0.4) is 0 Å². The van der Waals surface area contributed by atoms with Gasteiger partial charge in [0.15, 0.2) is 0 Å². The first kappa shape index (κ1) is 16.2. The van der Waals surface area contributed by atoms with Crippen LogP contribution in [0.4, 0.5) is 17.6 Å². The van der Waals surface area contributed by atoms with Crippen molar-refractivity contribution in [1.82, 2.24) is 4.90 Å². The van der Waals surface area contributed by atoms with Crippen LogP contribution in [-0.2, 0) is 6.18 Å². The highest BCUT2D eigenvalue weighted by molar-refractivity contribution is 5.29. The Bertz CT molecular complexity index is 501. The highest BCUT2D eigenvalue weighted by Crippen LogP contribution is 2.35. The predicted octanol–water partition coefficient (Wildman–Crippen LogP) is 3.57. The first-order valence-electron chi connectivity index (χ1n) is 7.06. The van der Waals surface area contributed by atoms with E-state index in [0.29, 0.717) is 17.5 Å². The predicted molar refractivity (Wildman–Crippen MR) is 73.1 cm³/mol. The third kappa shape index (κ3) is 3.55. The van der Waals surface area contributed by atoms with Gasteiger partial charge in [-0.2, -0.15) is 13.2 Å². The zero-order valence-corrected chi connectivity index (χ0v) is 12.1. The van der Waals surface area contributed by atoms with E-state index in [1.165, 1.54) is 0 Å². The quantitative estimate of drug-likeness (QED) is 0.865. The number of benzene rings is 1. The van der Waals surface area contributed by atoms with Crippen molar-refractivity contribution in [3.05, 3.63) is 35.1 Å². The van der Waals surface area contributed by atoms with Gasteiger partial charge in [-0.15, -0.1) is 0 Å². The van der Waals surface area contributed by atoms with Crippen LogP contribution in [0, 0.1) is 11.7 Å². The molecule has 0 spiro atoms. The van der Waals surface area contributed by atoms with Crippen LogP contribution < -0.4 is 5.73 Å². The van der Waals surface area contributed by atoms with Crippen LogP contribution in [0.5, 0.6) is 0 Å². The topological polar surface area (TPSA) is 29.3 Å². The van der Waals surface area contributed by atoms with E-state index in [-0.39, 0.29) is 18.6 Å². The number of hydrogen-bond donors (Lipinski definition) is 1. The number of alkyl halides is 3. The lowest BCUT2D eigenvalue weighted by Crippen LogP contribution is -2.36. The lowest BCUT2D eigenvalue weighted by molar-refractivity contribution is -0.137. The van der Waals surface area contributed by atoms with E-state index in [1.54, 1.807) is 0 Å².